The average Bonchev–Trinajstić information content (AvgIpc) is 3.01. The summed E-state index contributed by atoms with van der Waals surface area (Å²) >= 11 is 2.28. The van der Waals surface area contributed by atoms with Gasteiger partial charge in [0.05, 0.1) is 15.7 Å². The maximum atomic E-state index is 12.8. The van der Waals surface area contributed by atoms with Crippen LogP contribution in [0.4, 0.5) is 0 Å². The van der Waals surface area contributed by atoms with Crippen LogP contribution in [0.2, 0.25) is 0 Å². The van der Waals surface area contributed by atoms with E-state index < -0.39 is 10.8 Å². The van der Waals surface area contributed by atoms with Gasteiger partial charge in [-0.3, -0.25) is 4.21 Å². The maximum absolute atomic E-state index is 12.8. The minimum absolute atomic E-state index is 0.565. The second kappa shape index (κ2) is 6.33. The van der Waals surface area contributed by atoms with Crippen LogP contribution in [0.1, 0.15) is 6.92 Å². The van der Waals surface area contributed by atoms with Crippen molar-refractivity contribution in [2.75, 3.05) is 5.75 Å². The Morgan fingerprint density at radius 2 is 1.75 bits per heavy atom. The first kappa shape index (κ1) is 15.8. The van der Waals surface area contributed by atoms with Crippen LogP contribution >= 0.6 is 22.6 Å². The molecule has 0 aliphatic carbocycles. The van der Waals surface area contributed by atoms with Crippen LogP contribution in [0, 0.1) is 3.57 Å². The van der Waals surface area contributed by atoms with Gasteiger partial charge in [-0.1, -0.05) is 49.4 Å². The summed E-state index contributed by atoms with van der Waals surface area (Å²) in [5.41, 5.74) is 1.76. The monoisotopic (exact) mass is 446 g/mol. The number of hydrogen-bond acceptors (Lipinski definition) is 2. The van der Waals surface area contributed by atoms with Gasteiger partial charge in [-0.15, -0.1) is 0 Å². The van der Waals surface area contributed by atoms with E-state index >= 15 is 0 Å². The summed E-state index contributed by atoms with van der Waals surface area (Å²) in [5.74, 6) is 1.29. The molecule has 0 aliphatic heterocycles. The van der Waals surface area contributed by atoms with Gasteiger partial charge in [0.25, 0.3) is 0 Å². The molecule has 120 valence electrons. The van der Waals surface area contributed by atoms with E-state index in [1.165, 1.54) is 0 Å². The Morgan fingerprint density at radius 3 is 2.50 bits per heavy atom. The van der Waals surface area contributed by atoms with E-state index in [-0.39, 0.29) is 0 Å². The Hall–Kier alpha value is -1.66. The highest BCUT2D eigenvalue weighted by atomic mass is 127. The van der Waals surface area contributed by atoms with E-state index in [2.05, 4.69) is 40.8 Å². The first-order valence-electron chi connectivity index (χ1n) is 7.77. The van der Waals surface area contributed by atoms with Crippen molar-refractivity contribution >= 4 is 55.1 Å². The van der Waals surface area contributed by atoms with Crippen LogP contribution < -0.4 is 0 Å². The standard InChI is InChI=1S/C20H15IO2S/c1-2-24(22)20-18-16-6-4-3-5-13(16)9-12-17(18)23-19(20)14-7-10-15(21)11-8-14/h3-12H,2H2,1H3. The van der Waals surface area contributed by atoms with Crippen LogP contribution in [-0.4, -0.2) is 9.96 Å². The molecule has 4 aromatic rings. The summed E-state index contributed by atoms with van der Waals surface area (Å²) in [5, 5.41) is 3.20. The van der Waals surface area contributed by atoms with Gasteiger partial charge >= 0.3 is 0 Å². The van der Waals surface area contributed by atoms with Crippen molar-refractivity contribution in [1.82, 2.24) is 0 Å². The van der Waals surface area contributed by atoms with E-state index in [1.54, 1.807) is 0 Å². The maximum Gasteiger partial charge on any atom is 0.151 e. The molecule has 1 aromatic heterocycles. The van der Waals surface area contributed by atoms with E-state index in [4.69, 9.17) is 4.42 Å². The molecule has 4 rings (SSSR count). The zero-order valence-electron chi connectivity index (χ0n) is 13.1. The number of furan rings is 1. The van der Waals surface area contributed by atoms with E-state index in [9.17, 15) is 4.21 Å². The molecule has 0 bridgehead atoms. The molecule has 0 N–H and O–H groups in total. The number of halogens is 1. The van der Waals surface area contributed by atoms with Crippen molar-refractivity contribution in [3.63, 3.8) is 0 Å². The smallest absolute Gasteiger partial charge is 0.151 e. The molecule has 0 radical (unpaired) electrons. The van der Waals surface area contributed by atoms with Crippen molar-refractivity contribution in [2.24, 2.45) is 0 Å². The lowest BCUT2D eigenvalue weighted by atomic mass is 10.1. The zero-order valence-corrected chi connectivity index (χ0v) is 16.1. The molecule has 1 atom stereocenters. The van der Waals surface area contributed by atoms with Gasteiger partial charge < -0.3 is 4.42 Å². The van der Waals surface area contributed by atoms with Crippen LogP contribution in [0.3, 0.4) is 0 Å². The molecule has 0 saturated carbocycles. The van der Waals surface area contributed by atoms with Crippen LogP contribution in [0.15, 0.2) is 70.0 Å². The predicted octanol–water partition coefficient (Wildman–Crippen LogP) is 5.99. The fraction of sp³-hybridized carbons (Fsp3) is 0.100. The normalized spacial score (nSPS) is 12.8. The van der Waals surface area contributed by atoms with Gasteiger partial charge in [0, 0.05) is 20.3 Å². The molecular formula is C20H15IO2S. The molecule has 2 nitrogen and oxygen atoms in total. The number of hydrogen-bond donors (Lipinski definition) is 0. The Bertz CT molecular complexity index is 1060. The van der Waals surface area contributed by atoms with Crippen LogP contribution in [0.5, 0.6) is 0 Å². The highest BCUT2D eigenvalue weighted by molar-refractivity contribution is 14.1. The number of benzene rings is 3. The van der Waals surface area contributed by atoms with Crippen molar-refractivity contribution in [3.8, 4) is 11.3 Å². The number of rotatable bonds is 3. The van der Waals surface area contributed by atoms with E-state index in [0.29, 0.717) is 5.75 Å². The van der Waals surface area contributed by atoms with Crippen LogP contribution in [0.25, 0.3) is 33.1 Å². The van der Waals surface area contributed by atoms with E-state index in [1.807, 2.05) is 49.4 Å². The Balaban J connectivity index is 2.12. The lowest BCUT2D eigenvalue weighted by Gasteiger charge is -2.04. The van der Waals surface area contributed by atoms with Gasteiger partial charge in [-0.25, -0.2) is 0 Å². The first-order valence-corrected chi connectivity index (χ1v) is 10.2. The highest BCUT2D eigenvalue weighted by Crippen LogP contribution is 2.39. The minimum Gasteiger partial charge on any atom is -0.455 e. The van der Waals surface area contributed by atoms with Gasteiger partial charge in [-0.2, -0.15) is 0 Å². The van der Waals surface area contributed by atoms with Crippen molar-refractivity contribution in [3.05, 3.63) is 64.2 Å². The summed E-state index contributed by atoms with van der Waals surface area (Å²) in [4.78, 5) is 0.811. The Kier molecular flexibility index (Phi) is 4.18. The lowest BCUT2D eigenvalue weighted by molar-refractivity contribution is 0.622. The fourth-order valence-corrected chi connectivity index (χ4v) is 4.45. The largest absolute Gasteiger partial charge is 0.455 e. The second-order valence-corrected chi connectivity index (χ2v) is 8.48. The molecule has 0 saturated heterocycles. The molecule has 3 aromatic carbocycles. The fourth-order valence-electron chi connectivity index (χ4n) is 2.99. The third-order valence-corrected chi connectivity index (χ3v) is 6.22. The molecular weight excluding hydrogens is 431 g/mol. The topological polar surface area (TPSA) is 30.2 Å². The molecule has 0 amide bonds. The molecule has 24 heavy (non-hydrogen) atoms. The summed E-state index contributed by atoms with van der Waals surface area (Å²) in [6, 6.07) is 20.3. The zero-order chi connectivity index (χ0) is 16.7. The summed E-state index contributed by atoms with van der Waals surface area (Å²) in [6.07, 6.45) is 0. The summed E-state index contributed by atoms with van der Waals surface area (Å²) in [7, 11) is -1.10. The van der Waals surface area contributed by atoms with Crippen LogP contribution in [-0.2, 0) is 10.8 Å². The molecule has 0 fully saturated rings. The third kappa shape index (κ3) is 2.58. The average molecular weight is 446 g/mol. The third-order valence-electron chi connectivity index (χ3n) is 4.13. The summed E-state index contributed by atoms with van der Waals surface area (Å²) in [6.45, 7) is 1.94. The summed E-state index contributed by atoms with van der Waals surface area (Å²) < 4.78 is 20.2. The van der Waals surface area contributed by atoms with E-state index in [0.717, 1.165) is 41.5 Å². The lowest BCUT2D eigenvalue weighted by Crippen LogP contribution is -1.95. The molecule has 0 spiro atoms. The second-order valence-electron chi connectivity index (χ2n) is 5.56. The molecule has 0 aliphatic rings. The van der Waals surface area contributed by atoms with Crippen molar-refractivity contribution < 1.29 is 8.63 Å². The molecule has 1 heterocycles. The Morgan fingerprint density at radius 1 is 1.00 bits per heavy atom. The Labute approximate surface area is 156 Å². The van der Waals surface area contributed by atoms with Crippen molar-refractivity contribution in [2.45, 2.75) is 11.8 Å². The first-order chi connectivity index (χ1) is 11.7. The number of fused-ring (bicyclic) bond motifs is 3. The van der Waals surface area contributed by atoms with Gasteiger partial charge in [0.2, 0.25) is 0 Å². The predicted molar refractivity (Wildman–Crippen MR) is 109 cm³/mol. The quantitative estimate of drug-likeness (QED) is 0.362. The molecule has 1 unspecified atom stereocenters. The van der Waals surface area contributed by atoms with Gasteiger partial charge in [0.15, 0.2) is 5.76 Å². The highest BCUT2D eigenvalue weighted by Gasteiger charge is 2.21. The minimum atomic E-state index is -1.10. The van der Waals surface area contributed by atoms with Crippen molar-refractivity contribution in [1.29, 1.82) is 0 Å². The molecule has 4 heteroatoms. The van der Waals surface area contributed by atoms with Gasteiger partial charge in [0.1, 0.15) is 5.58 Å². The van der Waals surface area contributed by atoms with Gasteiger partial charge in [-0.05, 0) is 51.6 Å². The SMILES string of the molecule is CCS(=O)c1c(-c2ccc(I)cc2)oc2ccc3ccccc3c12.